The van der Waals surface area contributed by atoms with E-state index in [9.17, 15) is 0 Å². The average Bonchev–Trinajstić information content (AvgIpc) is 2.52. The Hall–Kier alpha value is -0.890. The van der Waals surface area contributed by atoms with Crippen molar-refractivity contribution in [3.05, 3.63) is 0 Å². The number of hydrogen-bond acceptors (Lipinski definition) is 5. The lowest BCUT2D eigenvalue weighted by atomic mass is 10.4. The number of methoxy groups -OCH3 is 2. The molecule has 0 spiro atoms. The minimum atomic E-state index is 0.643. The van der Waals surface area contributed by atoms with Crippen LogP contribution in [0.3, 0.4) is 0 Å². The highest BCUT2D eigenvalue weighted by Crippen LogP contribution is 1.86. The van der Waals surface area contributed by atoms with E-state index in [0.717, 1.165) is 51.7 Å². The Labute approximate surface area is 135 Å². The fraction of sp³-hybridized carbons (Fsp3) is 0.933. The van der Waals surface area contributed by atoms with Crippen molar-refractivity contribution in [3.63, 3.8) is 0 Å². The van der Waals surface area contributed by atoms with Crippen LogP contribution in [0, 0.1) is 0 Å². The van der Waals surface area contributed by atoms with Crippen molar-refractivity contribution in [2.24, 2.45) is 4.99 Å². The number of nitrogens with zero attached hydrogens (tertiary/aromatic N) is 2. The Morgan fingerprint density at radius 3 is 2.45 bits per heavy atom. The third kappa shape index (κ3) is 14.1. The molecule has 0 saturated carbocycles. The normalized spacial score (nSPS) is 12.0. The van der Waals surface area contributed by atoms with E-state index in [4.69, 9.17) is 14.2 Å². The van der Waals surface area contributed by atoms with Crippen LogP contribution in [0.15, 0.2) is 4.99 Å². The molecule has 2 N–H and O–H groups in total. The molecule has 0 aliphatic carbocycles. The largest absolute Gasteiger partial charge is 0.383 e. The van der Waals surface area contributed by atoms with E-state index >= 15 is 0 Å². The Bertz CT molecular complexity index is 265. The smallest absolute Gasteiger partial charge is 0.191 e. The van der Waals surface area contributed by atoms with Crippen LogP contribution >= 0.6 is 0 Å². The van der Waals surface area contributed by atoms with Crippen LogP contribution in [-0.2, 0) is 14.2 Å². The van der Waals surface area contributed by atoms with E-state index in [1.54, 1.807) is 14.2 Å². The number of guanidine groups is 1. The van der Waals surface area contributed by atoms with Gasteiger partial charge in [-0.25, -0.2) is 0 Å². The number of aliphatic imine (C=N–C) groups is 1. The predicted octanol–water partition coefficient (Wildman–Crippen LogP) is 0.173. The zero-order chi connectivity index (χ0) is 16.5. The van der Waals surface area contributed by atoms with Gasteiger partial charge in [0, 0.05) is 53.6 Å². The van der Waals surface area contributed by atoms with E-state index < -0.39 is 0 Å². The monoisotopic (exact) mass is 318 g/mol. The van der Waals surface area contributed by atoms with E-state index in [-0.39, 0.29) is 0 Å². The zero-order valence-corrected chi connectivity index (χ0v) is 14.7. The lowest BCUT2D eigenvalue weighted by Gasteiger charge is -2.17. The van der Waals surface area contributed by atoms with Crippen LogP contribution in [0.4, 0.5) is 0 Å². The quantitative estimate of drug-likeness (QED) is 0.270. The van der Waals surface area contributed by atoms with E-state index in [2.05, 4.69) is 34.5 Å². The van der Waals surface area contributed by atoms with Crippen molar-refractivity contribution in [1.29, 1.82) is 0 Å². The molecule has 132 valence electrons. The summed E-state index contributed by atoms with van der Waals surface area (Å²) in [5, 5.41) is 6.58. The topological polar surface area (TPSA) is 67.4 Å². The lowest BCUT2D eigenvalue weighted by Crippen LogP contribution is -2.41. The summed E-state index contributed by atoms with van der Waals surface area (Å²) < 4.78 is 15.4. The van der Waals surface area contributed by atoms with Crippen molar-refractivity contribution in [3.8, 4) is 0 Å². The van der Waals surface area contributed by atoms with Gasteiger partial charge in [0.25, 0.3) is 0 Å². The van der Waals surface area contributed by atoms with Crippen LogP contribution < -0.4 is 10.6 Å². The number of ether oxygens (including phenoxy) is 3. The molecule has 0 bridgehead atoms. The molecule has 0 saturated heterocycles. The molecule has 0 aliphatic rings. The molecule has 0 radical (unpaired) electrons. The maximum atomic E-state index is 5.41. The highest BCUT2D eigenvalue weighted by Gasteiger charge is 2.00. The summed E-state index contributed by atoms with van der Waals surface area (Å²) in [6.07, 6.45) is 0.911. The van der Waals surface area contributed by atoms with Crippen molar-refractivity contribution in [2.45, 2.75) is 13.3 Å². The number of rotatable bonds is 14. The first-order valence-corrected chi connectivity index (χ1v) is 8.00. The van der Waals surface area contributed by atoms with Gasteiger partial charge in [0.1, 0.15) is 0 Å². The molecule has 0 heterocycles. The Morgan fingerprint density at radius 1 is 1.00 bits per heavy atom. The van der Waals surface area contributed by atoms with Gasteiger partial charge in [-0.2, -0.15) is 0 Å². The molecule has 0 amide bonds. The second kappa shape index (κ2) is 16.5. The zero-order valence-electron chi connectivity index (χ0n) is 14.7. The molecule has 7 nitrogen and oxygen atoms in total. The summed E-state index contributed by atoms with van der Waals surface area (Å²) in [5.74, 6) is 0.861. The van der Waals surface area contributed by atoms with Gasteiger partial charge in [-0.05, 0) is 20.4 Å². The van der Waals surface area contributed by atoms with Gasteiger partial charge < -0.3 is 29.7 Å². The first-order valence-electron chi connectivity index (χ1n) is 8.00. The number of likely N-dealkylation sites (N-methyl/N-ethyl adjacent to an activating group) is 1. The Balaban J connectivity index is 3.76. The second-order valence-electron chi connectivity index (χ2n) is 4.94. The van der Waals surface area contributed by atoms with Gasteiger partial charge in [-0.15, -0.1) is 0 Å². The standard InChI is InChI=1S/C15H34N4O3/c1-5-16-15(17-7-6-11-22-14-13-21-4)18-8-9-19(2)10-12-20-3/h5-14H2,1-4H3,(H2,16,17,18). The number of hydrogen-bond donors (Lipinski definition) is 2. The van der Waals surface area contributed by atoms with Crippen LogP contribution in [-0.4, -0.2) is 91.3 Å². The van der Waals surface area contributed by atoms with Gasteiger partial charge in [-0.3, -0.25) is 4.99 Å². The molecular formula is C15H34N4O3. The maximum absolute atomic E-state index is 5.41. The van der Waals surface area contributed by atoms with Crippen LogP contribution in [0.2, 0.25) is 0 Å². The first-order chi connectivity index (χ1) is 10.7. The van der Waals surface area contributed by atoms with Crippen LogP contribution in [0.25, 0.3) is 0 Å². The molecular weight excluding hydrogens is 284 g/mol. The summed E-state index contributed by atoms with van der Waals surface area (Å²) >= 11 is 0. The molecule has 0 atom stereocenters. The summed E-state index contributed by atoms with van der Waals surface area (Å²) in [4.78, 5) is 6.76. The molecule has 0 aliphatic heterocycles. The molecule has 22 heavy (non-hydrogen) atoms. The first kappa shape index (κ1) is 21.1. The number of nitrogens with one attached hydrogen (secondary N) is 2. The van der Waals surface area contributed by atoms with Gasteiger partial charge in [0.2, 0.25) is 0 Å². The molecule has 0 aromatic heterocycles. The van der Waals surface area contributed by atoms with E-state index in [0.29, 0.717) is 19.8 Å². The summed E-state index contributed by atoms with van der Waals surface area (Å²) in [6, 6.07) is 0. The van der Waals surface area contributed by atoms with Crippen LogP contribution in [0.5, 0.6) is 0 Å². The van der Waals surface area contributed by atoms with Gasteiger partial charge >= 0.3 is 0 Å². The fourth-order valence-corrected chi connectivity index (χ4v) is 1.67. The highest BCUT2D eigenvalue weighted by atomic mass is 16.5. The van der Waals surface area contributed by atoms with E-state index in [1.165, 1.54) is 0 Å². The third-order valence-electron chi connectivity index (χ3n) is 2.96. The minimum Gasteiger partial charge on any atom is -0.383 e. The van der Waals surface area contributed by atoms with Crippen molar-refractivity contribution < 1.29 is 14.2 Å². The molecule has 0 aromatic carbocycles. The van der Waals surface area contributed by atoms with Gasteiger partial charge in [0.15, 0.2) is 5.96 Å². The predicted molar refractivity (Wildman–Crippen MR) is 90.7 cm³/mol. The van der Waals surface area contributed by atoms with Gasteiger partial charge in [0.05, 0.1) is 19.8 Å². The molecule has 0 aromatic rings. The summed E-state index contributed by atoms with van der Waals surface area (Å²) in [6.45, 7) is 9.18. The second-order valence-corrected chi connectivity index (χ2v) is 4.94. The third-order valence-corrected chi connectivity index (χ3v) is 2.96. The van der Waals surface area contributed by atoms with Crippen molar-refractivity contribution >= 4 is 5.96 Å². The highest BCUT2D eigenvalue weighted by molar-refractivity contribution is 5.79. The van der Waals surface area contributed by atoms with Crippen molar-refractivity contribution in [2.75, 3.05) is 80.4 Å². The van der Waals surface area contributed by atoms with Crippen molar-refractivity contribution in [1.82, 2.24) is 15.5 Å². The average molecular weight is 318 g/mol. The lowest BCUT2D eigenvalue weighted by molar-refractivity contribution is 0.0702. The summed E-state index contributed by atoms with van der Waals surface area (Å²) in [5.41, 5.74) is 0. The minimum absolute atomic E-state index is 0.643. The Morgan fingerprint density at radius 2 is 1.77 bits per heavy atom. The molecule has 7 heteroatoms. The maximum Gasteiger partial charge on any atom is 0.191 e. The Kier molecular flexibility index (Phi) is 15.8. The molecule has 0 fully saturated rings. The fourth-order valence-electron chi connectivity index (χ4n) is 1.67. The molecule has 0 unspecified atom stereocenters. The van der Waals surface area contributed by atoms with Gasteiger partial charge in [-0.1, -0.05) is 0 Å². The van der Waals surface area contributed by atoms with Crippen LogP contribution in [0.1, 0.15) is 13.3 Å². The van der Waals surface area contributed by atoms with E-state index in [1.807, 2.05) is 0 Å². The SMILES string of the molecule is CCNC(=NCCCOCCOC)NCCN(C)CCOC. The summed E-state index contributed by atoms with van der Waals surface area (Å²) in [7, 11) is 5.48. The molecule has 0 rings (SSSR count).